The van der Waals surface area contributed by atoms with Crippen molar-refractivity contribution in [1.82, 2.24) is 15.5 Å². The van der Waals surface area contributed by atoms with Gasteiger partial charge in [0, 0.05) is 19.6 Å². The number of rotatable bonds is 13. The smallest absolute Gasteiger partial charge is 0.437 e. The predicted molar refractivity (Wildman–Crippen MR) is 180 cm³/mol. The molecule has 0 aliphatic rings. The van der Waals surface area contributed by atoms with Crippen LogP contribution in [0.25, 0.3) is 0 Å². The number of carbonyl (C=O) groups is 4. The number of hydrogen-bond donors (Lipinski definition) is 2. The quantitative estimate of drug-likeness (QED) is 0.0928. The normalized spacial score (nSPS) is 11.9. The first-order valence-corrected chi connectivity index (χ1v) is 15.6. The molecular formula is C36H44N4O8. The zero-order valence-electron chi connectivity index (χ0n) is 27.8. The lowest BCUT2D eigenvalue weighted by Gasteiger charge is -2.24. The van der Waals surface area contributed by atoms with E-state index in [4.69, 9.17) is 18.9 Å². The Hall–Kier alpha value is -5.39. The topological polar surface area (TPSA) is 145 Å². The van der Waals surface area contributed by atoms with Crippen molar-refractivity contribution in [3.63, 3.8) is 0 Å². The summed E-state index contributed by atoms with van der Waals surface area (Å²) >= 11 is 0. The fraction of sp³-hybridized carbons (Fsp3) is 0.361. The largest absolute Gasteiger partial charge is 0.460 e. The number of guanidine groups is 1. The van der Waals surface area contributed by atoms with Crippen molar-refractivity contribution in [2.45, 2.75) is 71.5 Å². The van der Waals surface area contributed by atoms with Crippen LogP contribution in [0.4, 0.5) is 14.4 Å². The molecule has 1 atom stereocenters. The van der Waals surface area contributed by atoms with Crippen molar-refractivity contribution >= 4 is 30.2 Å². The van der Waals surface area contributed by atoms with Crippen molar-refractivity contribution < 1.29 is 38.1 Å². The summed E-state index contributed by atoms with van der Waals surface area (Å²) in [7, 11) is 1.63. The molecule has 0 saturated carbocycles. The number of alkyl carbamates (subject to hydrolysis) is 2. The van der Waals surface area contributed by atoms with E-state index < -0.39 is 35.9 Å². The van der Waals surface area contributed by atoms with Gasteiger partial charge in [-0.3, -0.25) is 10.1 Å². The minimum Gasteiger partial charge on any atom is -0.460 e. The lowest BCUT2D eigenvalue weighted by Crippen LogP contribution is -2.44. The first-order valence-electron chi connectivity index (χ1n) is 15.6. The van der Waals surface area contributed by atoms with Crippen LogP contribution in [-0.2, 0) is 43.6 Å². The molecule has 48 heavy (non-hydrogen) atoms. The molecule has 12 nitrogen and oxygen atoms in total. The number of esters is 1. The van der Waals surface area contributed by atoms with Gasteiger partial charge < -0.3 is 29.2 Å². The average molecular weight is 661 g/mol. The molecule has 0 saturated heterocycles. The van der Waals surface area contributed by atoms with Crippen molar-refractivity contribution in [3.05, 3.63) is 108 Å². The van der Waals surface area contributed by atoms with Gasteiger partial charge in [0.1, 0.15) is 25.4 Å². The highest BCUT2D eigenvalue weighted by Crippen LogP contribution is 2.13. The standard InChI is InChI=1S/C36H44N4O8/c1-36(2,3)48-31(41)23-30(37-33(42)45-24-27-15-8-5-9-16-27)21-14-22-40(4)32(38-34(43)46-25-28-17-10-6-11-18-28)39-35(44)47-26-29-19-12-7-13-20-29/h5-13,15-20,30H,14,21-26H2,1-4H3,(H,37,42)(H,38,39,43,44)/t30-/m0/s1. The monoisotopic (exact) mass is 660 g/mol. The van der Waals surface area contributed by atoms with Gasteiger partial charge in [0.05, 0.1) is 6.42 Å². The van der Waals surface area contributed by atoms with E-state index in [2.05, 4.69) is 15.6 Å². The van der Waals surface area contributed by atoms with Crippen LogP contribution in [0, 0.1) is 0 Å². The Morgan fingerprint density at radius 2 is 1.21 bits per heavy atom. The zero-order valence-corrected chi connectivity index (χ0v) is 27.8. The van der Waals surface area contributed by atoms with E-state index in [1.165, 1.54) is 0 Å². The summed E-state index contributed by atoms with van der Waals surface area (Å²) in [6, 6.07) is 26.9. The predicted octanol–water partition coefficient (Wildman–Crippen LogP) is 6.34. The summed E-state index contributed by atoms with van der Waals surface area (Å²) in [4.78, 5) is 56.2. The number of hydrogen-bond acceptors (Lipinski definition) is 8. The molecule has 3 aromatic rings. The van der Waals surface area contributed by atoms with Gasteiger partial charge in [-0.25, -0.2) is 14.4 Å². The summed E-state index contributed by atoms with van der Waals surface area (Å²) in [6.07, 6.45) is -1.72. The van der Waals surface area contributed by atoms with Crippen LogP contribution in [-0.4, -0.2) is 60.3 Å². The average Bonchev–Trinajstić information content (AvgIpc) is 3.05. The van der Waals surface area contributed by atoms with E-state index in [-0.39, 0.29) is 38.7 Å². The minimum atomic E-state index is -0.908. The molecule has 0 radical (unpaired) electrons. The van der Waals surface area contributed by atoms with Gasteiger partial charge in [-0.2, -0.15) is 0 Å². The second kappa shape index (κ2) is 19.3. The van der Waals surface area contributed by atoms with E-state index >= 15 is 0 Å². The maximum Gasteiger partial charge on any atom is 0.437 e. The van der Waals surface area contributed by atoms with Gasteiger partial charge >= 0.3 is 24.2 Å². The fourth-order valence-electron chi connectivity index (χ4n) is 4.32. The Morgan fingerprint density at radius 3 is 1.71 bits per heavy atom. The van der Waals surface area contributed by atoms with Crippen molar-refractivity contribution in [1.29, 1.82) is 0 Å². The molecule has 0 aliphatic carbocycles. The molecule has 0 heterocycles. The molecule has 3 amide bonds. The molecule has 0 bridgehead atoms. The van der Waals surface area contributed by atoms with Crippen molar-refractivity contribution in [3.8, 4) is 0 Å². The second-order valence-electron chi connectivity index (χ2n) is 11.9. The Morgan fingerprint density at radius 1 is 0.729 bits per heavy atom. The minimum absolute atomic E-state index is 0.00297. The van der Waals surface area contributed by atoms with E-state index in [0.29, 0.717) is 12.8 Å². The first kappa shape index (κ1) is 37.1. The molecule has 256 valence electrons. The molecule has 2 N–H and O–H groups in total. The lowest BCUT2D eigenvalue weighted by atomic mass is 10.1. The molecule has 0 aromatic heterocycles. The van der Waals surface area contributed by atoms with Gasteiger partial charge in [0.25, 0.3) is 0 Å². The highest BCUT2D eigenvalue weighted by atomic mass is 16.6. The van der Waals surface area contributed by atoms with Crippen molar-refractivity contribution in [2.24, 2.45) is 4.99 Å². The van der Waals surface area contributed by atoms with Crippen LogP contribution >= 0.6 is 0 Å². The molecule has 3 aromatic carbocycles. The summed E-state index contributed by atoms with van der Waals surface area (Å²) in [6.45, 7) is 5.65. The van der Waals surface area contributed by atoms with Crippen LogP contribution in [0.3, 0.4) is 0 Å². The molecule has 0 aliphatic heterocycles. The molecule has 0 fully saturated rings. The van der Waals surface area contributed by atoms with Crippen LogP contribution < -0.4 is 10.6 Å². The molecular weight excluding hydrogens is 616 g/mol. The van der Waals surface area contributed by atoms with E-state index in [0.717, 1.165) is 16.7 Å². The molecule has 3 rings (SSSR count). The number of nitrogens with zero attached hydrogens (tertiary/aromatic N) is 2. The summed E-state index contributed by atoms with van der Waals surface area (Å²) in [5, 5.41) is 5.29. The van der Waals surface area contributed by atoms with E-state index in [1.54, 1.807) is 32.7 Å². The number of carbonyl (C=O) groups excluding carboxylic acids is 4. The van der Waals surface area contributed by atoms with E-state index in [9.17, 15) is 19.2 Å². The highest BCUT2D eigenvalue weighted by molar-refractivity contribution is 5.98. The Labute approximate surface area is 281 Å². The highest BCUT2D eigenvalue weighted by Gasteiger charge is 2.23. The number of nitrogens with one attached hydrogen (secondary N) is 2. The Bertz CT molecular complexity index is 1480. The van der Waals surface area contributed by atoms with Crippen LogP contribution in [0.1, 0.15) is 56.7 Å². The zero-order chi connectivity index (χ0) is 34.8. The second-order valence-corrected chi connectivity index (χ2v) is 11.9. The third-order valence-corrected chi connectivity index (χ3v) is 6.60. The summed E-state index contributed by atoms with van der Waals surface area (Å²) in [5.41, 5.74) is 1.68. The van der Waals surface area contributed by atoms with Crippen LogP contribution in [0.15, 0.2) is 96.0 Å². The van der Waals surface area contributed by atoms with Gasteiger partial charge in [0.15, 0.2) is 0 Å². The number of ether oxygens (including phenoxy) is 4. The number of amides is 3. The first-order chi connectivity index (χ1) is 23.0. The number of aliphatic imine (C=N–C) groups is 1. The molecule has 0 spiro atoms. The van der Waals surface area contributed by atoms with Crippen molar-refractivity contribution in [2.75, 3.05) is 13.6 Å². The van der Waals surface area contributed by atoms with E-state index in [1.807, 2.05) is 91.0 Å². The number of benzene rings is 3. The molecule has 0 unspecified atom stereocenters. The third kappa shape index (κ3) is 15.3. The maximum atomic E-state index is 12.7. The van der Waals surface area contributed by atoms with Gasteiger partial charge in [-0.15, -0.1) is 4.99 Å². The van der Waals surface area contributed by atoms with Gasteiger partial charge in [-0.05, 0) is 50.3 Å². The third-order valence-electron chi connectivity index (χ3n) is 6.60. The Kier molecular flexibility index (Phi) is 14.9. The summed E-state index contributed by atoms with van der Waals surface area (Å²) < 4.78 is 21.4. The lowest BCUT2D eigenvalue weighted by molar-refractivity contribution is -0.155. The Balaban J connectivity index is 1.63. The molecule has 12 heteroatoms. The SMILES string of the molecule is CN(CCC[C@@H](CC(=O)OC(C)(C)C)NC(=O)OCc1ccccc1)/C(=N/C(=O)OCc1ccccc1)NC(=O)OCc1ccccc1. The van der Waals surface area contributed by atoms with Crippen LogP contribution in [0.5, 0.6) is 0 Å². The summed E-state index contributed by atoms with van der Waals surface area (Å²) in [5.74, 6) is -0.569. The maximum absolute atomic E-state index is 12.7. The van der Waals surface area contributed by atoms with Gasteiger partial charge in [-0.1, -0.05) is 91.0 Å². The van der Waals surface area contributed by atoms with Crippen LogP contribution in [0.2, 0.25) is 0 Å². The van der Waals surface area contributed by atoms with Gasteiger partial charge in [0.2, 0.25) is 5.96 Å². The fourth-order valence-corrected chi connectivity index (χ4v) is 4.32.